The molecule has 0 aliphatic carbocycles. The summed E-state index contributed by atoms with van der Waals surface area (Å²) in [6, 6.07) is 0. The van der Waals surface area contributed by atoms with Crippen molar-refractivity contribution in [2.45, 2.75) is 26.2 Å². The lowest BCUT2D eigenvalue weighted by Crippen LogP contribution is -2.10. The van der Waals surface area contributed by atoms with Crippen LogP contribution in [0.15, 0.2) is 0 Å². The highest BCUT2D eigenvalue weighted by atomic mass is 16.4. The van der Waals surface area contributed by atoms with E-state index < -0.39 is 5.97 Å². The summed E-state index contributed by atoms with van der Waals surface area (Å²) in [5, 5.41) is 16.3. The Kier molecular flexibility index (Phi) is 4.58. The monoisotopic (exact) mass is 235 g/mol. The Morgan fingerprint density at radius 1 is 1.59 bits per heavy atom. The van der Waals surface area contributed by atoms with E-state index in [0.29, 0.717) is 18.1 Å². The molecule has 5 heteroatoms. The van der Waals surface area contributed by atoms with Crippen molar-refractivity contribution in [3.8, 4) is 12.3 Å². The lowest BCUT2D eigenvalue weighted by molar-refractivity contribution is 0.0697. The van der Waals surface area contributed by atoms with Crippen molar-refractivity contribution in [3.63, 3.8) is 0 Å². The molecule has 1 rings (SSSR count). The summed E-state index contributed by atoms with van der Waals surface area (Å²) in [4.78, 5) is 11.1. The number of aryl methyl sites for hydroxylation is 2. The average molecular weight is 235 g/mol. The van der Waals surface area contributed by atoms with Crippen molar-refractivity contribution in [3.05, 3.63) is 11.3 Å². The number of rotatable bonds is 6. The van der Waals surface area contributed by atoms with Crippen LogP contribution in [-0.4, -0.2) is 27.4 Å². The predicted molar refractivity (Wildman–Crippen MR) is 66.1 cm³/mol. The topological polar surface area (TPSA) is 67.2 Å². The van der Waals surface area contributed by atoms with Crippen molar-refractivity contribution in [1.82, 2.24) is 9.78 Å². The molecule has 2 N–H and O–H groups in total. The Balaban J connectivity index is 2.64. The smallest absolute Gasteiger partial charge is 0.341 e. The van der Waals surface area contributed by atoms with E-state index in [4.69, 9.17) is 11.5 Å². The molecule has 1 heterocycles. The van der Waals surface area contributed by atoms with Crippen LogP contribution >= 0.6 is 0 Å². The molecule has 1 aromatic rings. The molecule has 0 unspecified atom stereocenters. The Labute approximate surface area is 101 Å². The van der Waals surface area contributed by atoms with Gasteiger partial charge in [-0.15, -0.1) is 12.3 Å². The van der Waals surface area contributed by atoms with Crippen LogP contribution in [0, 0.1) is 19.3 Å². The first-order chi connectivity index (χ1) is 8.07. The highest BCUT2D eigenvalue weighted by molar-refractivity contribution is 5.94. The van der Waals surface area contributed by atoms with Crippen molar-refractivity contribution in [1.29, 1.82) is 0 Å². The summed E-state index contributed by atoms with van der Waals surface area (Å²) in [6.45, 7) is 2.38. The maximum Gasteiger partial charge on any atom is 0.341 e. The molecule has 5 nitrogen and oxygen atoms in total. The van der Waals surface area contributed by atoms with Gasteiger partial charge >= 0.3 is 5.97 Å². The number of hydrogen-bond donors (Lipinski definition) is 2. The number of anilines is 1. The van der Waals surface area contributed by atoms with E-state index in [1.165, 1.54) is 0 Å². The zero-order chi connectivity index (χ0) is 12.8. The number of carbonyl (C=O) groups is 1. The number of carboxylic acids is 1. The van der Waals surface area contributed by atoms with Crippen molar-refractivity contribution in [2.24, 2.45) is 7.05 Å². The Morgan fingerprint density at radius 3 is 2.88 bits per heavy atom. The quantitative estimate of drug-likeness (QED) is 0.581. The summed E-state index contributed by atoms with van der Waals surface area (Å²) < 4.78 is 1.56. The third-order valence-electron chi connectivity index (χ3n) is 2.48. The summed E-state index contributed by atoms with van der Waals surface area (Å²) in [7, 11) is 1.73. The fourth-order valence-electron chi connectivity index (χ4n) is 1.68. The van der Waals surface area contributed by atoms with Gasteiger partial charge in [0.15, 0.2) is 0 Å². The second-order valence-electron chi connectivity index (χ2n) is 3.83. The van der Waals surface area contributed by atoms with Crippen molar-refractivity contribution in [2.75, 3.05) is 11.9 Å². The molecule has 0 atom stereocenters. The first kappa shape index (κ1) is 13.1. The van der Waals surface area contributed by atoms with Gasteiger partial charge in [-0.1, -0.05) is 0 Å². The van der Waals surface area contributed by atoms with Gasteiger partial charge in [0.2, 0.25) is 0 Å². The van der Waals surface area contributed by atoms with Crippen LogP contribution in [0.1, 0.15) is 35.3 Å². The highest BCUT2D eigenvalue weighted by Gasteiger charge is 2.18. The molecule has 0 aliphatic rings. The van der Waals surface area contributed by atoms with Crippen LogP contribution in [0.2, 0.25) is 0 Å². The Morgan fingerprint density at radius 2 is 2.29 bits per heavy atom. The van der Waals surface area contributed by atoms with Gasteiger partial charge in [0.25, 0.3) is 0 Å². The van der Waals surface area contributed by atoms with Gasteiger partial charge < -0.3 is 10.4 Å². The molecule has 1 aromatic heterocycles. The molecule has 0 amide bonds. The number of hydrogen-bond acceptors (Lipinski definition) is 3. The first-order valence-electron chi connectivity index (χ1n) is 5.52. The fourth-order valence-corrected chi connectivity index (χ4v) is 1.68. The number of nitrogens with one attached hydrogen (secondary N) is 1. The van der Waals surface area contributed by atoms with Gasteiger partial charge in [-0.25, -0.2) is 4.79 Å². The number of aromatic carboxylic acids is 1. The van der Waals surface area contributed by atoms with Gasteiger partial charge in [-0.2, -0.15) is 5.10 Å². The minimum absolute atomic E-state index is 0.240. The molecule has 0 bridgehead atoms. The molecular weight excluding hydrogens is 218 g/mol. The van der Waals surface area contributed by atoms with Crippen LogP contribution in [-0.2, 0) is 7.05 Å². The fraction of sp³-hybridized carbons (Fsp3) is 0.500. The molecule has 0 fully saturated rings. The van der Waals surface area contributed by atoms with Gasteiger partial charge in [0.1, 0.15) is 11.4 Å². The van der Waals surface area contributed by atoms with Crippen molar-refractivity contribution >= 4 is 11.8 Å². The third kappa shape index (κ3) is 3.25. The predicted octanol–water partition coefficient (Wildman–Crippen LogP) is 1.64. The largest absolute Gasteiger partial charge is 0.477 e. The molecule has 17 heavy (non-hydrogen) atoms. The van der Waals surface area contributed by atoms with E-state index in [1.54, 1.807) is 18.7 Å². The van der Waals surface area contributed by atoms with Crippen molar-refractivity contribution < 1.29 is 9.90 Å². The number of nitrogens with zero attached hydrogens (tertiary/aromatic N) is 2. The van der Waals surface area contributed by atoms with Crippen LogP contribution in [0.5, 0.6) is 0 Å². The van der Waals surface area contributed by atoms with Gasteiger partial charge in [0, 0.05) is 20.0 Å². The molecular formula is C12H17N3O2. The second-order valence-corrected chi connectivity index (χ2v) is 3.83. The molecule has 0 aliphatic heterocycles. The number of aromatic nitrogens is 2. The van der Waals surface area contributed by atoms with Gasteiger partial charge in [-0.3, -0.25) is 4.68 Å². The number of carboxylic acid groups (broad SMARTS) is 1. The highest BCUT2D eigenvalue weighted by Crippen LogP contribution is 2.18. The molecule has 0 aromatic carbocycles. The average Bonchev–Trinajstić information content (AvgIpc) is 2.53. The summed E-state index contributed by atoms with van der Waals surface area (Å²) in [5.41, 5.74) is 0.760. The summed E-state index contributed by atoms with van der Waals surface area (Å²) in [5.74, 6) is 2.17. The van der Waals surface area contributed by atoms with E-state index in [1.807, 2.05) is 0 Å². The minimum atomic E-state index is -0.957. The third-order valence-corrected chi connectivity index (χ3v) is 2.48. The lowest BCUT2D eigenvalue weighted by Gasteiger charge is -2.07. The molecule has 0 spiro atoms. The molecule has 0 radical (unpaired) electrons. The second kappa shape index (κ2) is 5.94. The van der Waals surface area contributed by atoms with Crippen LogP contribution < -0.4 is 5.32 Å². The lowest BCUT2D eigenvalue weighted by atomic mass is 10.2. The zero-order valence-corrected chi connectivity index (χ0v) is 10.2. The molecule has 0 saturated heterocycles. The maximum atomic E-state index is 11.1. The SMILES string of the molecule is C#CCCCCNc1c(C(=O)O)c(C)nn1C. The normalized spacial score (nSPS) is 9.94. The Hall–Kier alpha value is -1.96. The van der Waals surface area contributed by atoms with E-state index in [9.17, 15) is 4.79 Å². The number of terminal acetylenes is 1. The summed E-state index contributed by atoms with van der Waals surface area (Å²) >= 11 is 0. The molecule has 92 valence electrons. The zero-order valence-electron chi connectivity index (χ0n) is 10.2. The maximum absolute atomic E-state index is 11.1. The standard InChI is InChI=1S/C12H17N3O2/c1-4-5-6-7-8-13-11-10(12(16)17)9(2)14-15(11)3/h1,13H,5-8H2,2-3H3,(H,16,17). The number of unbranched alkanes of at least 4 members (excludes halogenated alkanes) is 2. The van der Waals surface area contributed by atoms with Gasteiger partial charge in [-0.05, 0) is 19.8 Å². The van der Waals surface area contributed by atoms with E-state index in [0.717, 1.165) is 19.3 Å². The molecule has 0 saturated carbocycles. The van der Waals surface area contributed by atoms with E-state index >= 15 is 0 Å². The summed E-state index contributed by atoms with van der Waals surface area (Å²) in [6.07, 6.45) is 7.74. The van der Waals surface area contributed by atoms with Crippen LogP contribution in [0.4, 0.5) is 5.82 Å². The van der Waals surface area contributed by atoms with Crippen LogP contribution in [0.3, 0.4) is 0 Å². The van der Waals surface area contributed by atoms with E-state index in [-0.39, 0.29) is 5.56 Å². The van der Waals surface area contributed by atoms with Gasteiger partial charge in [0.05, 0.1) is 5.69 Å². The Bertz CT molecular complexity index is 443. The first-order valence-corrected chi connectivity index (χ1v) is 5.52. The van der Waals surface area contributed by atoms with E-state index in [2.05, 4.69) is 16.3 Å². The minimum Gasteiger partial charge on any atom is -0.477 e. The van der Waals surface area contributed by atoms with Crippen LogP contribution in [0.25, 0.3) is 0 Å².